The van der Waals surface area contributed by atoms with Crippen LogP contribution >= 0.6 is 11.3 Å². The molecule has 0 bridgehead atoms. The van der Waals surface area contributed by atoms with E-state index in [1.165, 1.54) is 11.3 Å². The van der Waals surface area contributed by atoms with Gasteiger partial charge in [-0.1, -0.05) is 0 Å². The molecule has 0 aliphatic carbocycles. The molecule has 0 spiro atoms. The van der Waals surface area contributed by atoms with E-state index in [-0.39, 0.29) is 11.8 Å². The van der Waals surface area contributed by atoms with E-state index in [1.54, 1.807) is 29.1 Å². The van der Waals surface area contributed by atoms with Gasteiger partial charge in [-0.25, -0.2) is 4.98 Å². The minimum absolute atomic E-state index is 0.00690. The summed E-state index contributed by atoms with van der Waals surface area (Å²) in [6.07, 6.45) is 3.49. The molecule has 0 aromatic carbocycles. The first-order valence-electron chi connectivity index (χ1n) is 6.12. The van der Waals surface area contributed by atoms with Crippen LogP contribution in [0.5, 0.6) is 0 Å². The van der Waals surface area contributed by atoms with Crippen LogP contribution in [0.15, 0.2) is 17.8 Å². The molecule has 3 rings (SSSR count). The molecule has 1 saturated heterocycles. The van der Waals surface area contributed by atoms with Crippen molar-refractivity contribution in [2.24, 2.45) is 0 Å². The molecule has 2 aromatic rings. The third-order valence-electron chi connectivity index (χ3n) is 3.37. The third kappa shape index (κ3) is 2.10. The Morgan fingerprint density at radius 1 is 1.21 bits per heavy atom. The molecule has 0 saturated carbocycles. The van der Waals surface area contributed by atoms with Gasteiger partial charge in [-0.3, -0.25) is 14.0 Å². The molecule has 6 nitrogen and oxygen atoms in total. The molecule has 100 valence electrons. The molecule has 0 radical (unpaired) electrons. The number of nitrogens with zero attached hydrogens (tertiary/aromatic N) is 4. The average Bonchev–Trinajstić information content (AvgIpc) is 3.00. The molecule has 2 aromatic heterocycles. The lowest BCUT2D eigenvalue weighted by molar-refractivity contribution is -0.130. The summed E-state index contributed by atoms with van der Waals surface area (Å²) in [5, 5.41) is 1.84. The Balaban J connectivity index is 1.75. The van der Waals surface area contributed by atoms with Crippen molar-refractivity contribution < 1.29 is 9.59 Å². The van der Waals surface area contributed by atoms with Crippen LogP contribution in [-0.4, -0.2) is 57.2 Å². The second kappa shape index (κ2) is 4.65. The van der Waals surface area contributed by atoms with Crippen LogP contribution < -0.4 is 0 Å². The van der Waals surface area contributed by atoms with Gasteiger partial charge in [-0.2, -0.15) is 0 Å². The Hall–Kier alpha value is -1.89. The van der Waals surface area contributed by atoms with Crippen molar-refractivity contribution >= 4 is 28.1 Å². The molecule has 1 aliphatic rings. The lowest BCUT2D eigenvalue weighted by Crippen LogP contribution is -2.50. The van der Waals surface area contributed by atoms with Gasteiger partial charge >= 0.3 is 0 Å². The van der Waals surface area contributed by atoms with Gasteiger partial charge in [0.15, 0.2) is 4.96 Å². The summed E-state index contributed by atoms with van der Waals surface area (Å²) in [4.78, 5) is 32.2. The minimum Gasteiger partial charge on any atom is -0.339 e. The monoisotopic (exact) mass is 278 g/mol. The highest BCUT2D eigenvalue weighted by Gasteiger charge is 2.25. The summed E-state index contributed by atoms with van der Waals surface area (Å²) in [6.45, 7) is 3.96. The van der Waals surface area contributed by atoms with Gasteiger partial charge in [0.2, 0.25) is 5.91 Å². The fourth-order valence-corrected chi connectivity index (χ4v) is 3.09. The lowest BCUT2D eigenvalue weighted by Gasteiger charge is -2.34. The maximum absolute atomic E-state index is 12.4. The molecule has 0 atom stereocenters. The molecular weight excluding hydrogens is 264 g/mol. The second-order valence-electron chi connectivity index (χ2n) is 4.50. The van der Waals surface area contributed by atoms with E-state index < -0.39 is 0 Å². The van der Waals surface area contributed by atoms with Crippen LogP contribution in [0, 0.1) is 0 Å². The molecule has 1 aliphatic heterocycles. The van der Waals surface area contributed by atoms with E-state index in [1.807, 2.05) is 9.78 Å². The maximum Gasteiger partial charge on any atom is 0.271 e. The van der Waals surface area contributed by atoms with E-state index in [0.717, 1.165) is 4.96 Å². The van der Waals surface area contributed by atoms with Gasteiger partial charge in [0.05, 0.1) is 0 Å². The molecule has 3 heterocycles. The van der Waals surface area contributed by atoms with E-state index >= 15 is 0 Å². The number of piperazine rings is 1. The Kier molecular flexibility index (Phi) is 2.98. The number of hydrogen-bond donors (Lipinski definition) is 0. The number of thiazole rings is 1. The van der Waals surface area contributed by atoms with Crippen molar-refractivity contribution in [1.82, 2.24) is 19.2 Å². The summed E-state index contributed by atoms with van der Waals surface area (Å²) in [5.41, 5.74) is 0.647. The highest BCUT2D eigenvalue weighted by molar-refractivity contribution is 7.15. The van der Waals surface area contributed by atoms with Crippen LogP contribution in [0.25, 0.3) is 4.96 Å². The van der Waals surface area contributed by atoms with Crippen molar-refractivity contribution in [3.63, 3.8) is 0 Å². The number of fused-ring (bicyclic) bond motifs is 1. The zero-order chi connectivity index (χ0) is 13.4. The third-order valence-corrected chi connectivity index (χ3v) is 4.23. The van der Waals surface area contributed by atoms with Crippen LogP contribution in [0.1, 0.15) is 17.4 Å². The van der Waals surface area contributed by atoms with Crippen molar-refractivity contribution in [3.8, 4) is 0 Å². The number of carbonyl (C=O) groups is 2. The zero-order valence-electron chi connectivity index (χ0n) is 10.6. The minimum atomic E-state index is 0.00690. The Labute approximate surface area is 114 Å². The summed E-state index contributed by atoms with van der Waals surface area (Å²) in [6, 6.07) is 0. The number of amides is 2. The SMILES string of the molecule is CC(=O)N1CCN(C(=O)c2csc3nccn23)CC1. The molecule has 0 N–H and O–H groups in total. The van der Waals surface area contributed by atoms with E-state index in [2.05, 4.69) is 4.98 Å². The first-order valence-corrected chi connectivity index (χ1v) is 7.00. The Bertz CT molecular complexity index is 624. The standard InChI is InChI=1S/C12H14N4O2S/c1-9(17)14-4-6-15(7-5-14)11(18)10-8-19-12-13-2-3-16(10)12/h2-3,8H,4-7H2,1H3. The molecule has 0 unspecified atom stereocenters. The van der Waals surface area contributed by atoms with Crippen LogP contribution in [0.3, 0.4) is 0 Å². The van der Waals surface area contributed by atoms with Gasteiger partial charge < -0.3 is 9.80 Å². The van der Waals surface area contributed by atoms with Crippen LogP contribution in [-0.2, 0) is 4.79 Å². The highest BCUT2D eigenvalue weighted by Crippen LogP contribution is 2.17. The lowest BCUT2D eigenvalue weighted by atomic mass is 10.3. The molecule has 1 fully saturated rings. The fourth-order valence-electron chi connectivity index (χ4n) is 2.27. The number of rotatable bonds is 1. The van der Waals surface area contributed by atoms with Crippen molar-refractivity contribution in [3.05, 3.63) is 23.5 Å². The number of hydrogen-bond acceptors (Lipinski definition) is 4. The van der Waals surface area contributed by atoms with Crippen LogP contribution in [0.4, 0.5) is 0 Å². The van der Waals surface area contributed by atoms with Crippen LogP contribution in [0.2, 0.25) is 0 Å². The van der Waals surface area contributed by atoms with Crippen molar-refractivity contribution in [1.29, 1.82) is 0 Å². The van der Waals surface area contributed by atoms with Gasteiger partial charge in [0, 0.05) is 50.9 Å². The van der Waals surface area contributed by atoms with E-state index in [0.29, 0.717) is 31.9 Å². The van der Waals surface area contributed by atoms with Gasteiger partial charge in [0.1, 0.15) is 5.69 Å². The Morgan fingerprint density at radius 2 is 1.89 bits per heavy atom. The molecule has 2 amide bonds. The number of aromatic nitrogens is 2. The predicted molar refractivity (Wildman–Crippen MR) is 71.2 cm³/mol. The number of imidazole rings is 1. The summed E-state index contributed by atoms with van der Waals surface area (Å²) in [5.74, 6) is 0.0760. The summed E-state index contributed by atoms with van der Waals surface area (Å²) in [7, 11) is 0. The normalized spacial score (nSPS) is 16.1. The summed E-state index contributed by atoms with van der Waals surface area (Å²) >= 11 is 1.46. The van der Waals surface area contributed by atoms with Crippen molar-refractivity contribution in [2.45, 2.75) is 6.92 Å². The largest absolute Gasteiger partial charge is 0.339 e. The van der Waals surface area contributed by atoms with E-state index in [9.17, 15) is 9.59 Å². The average molecular weight is 278 g/mol. The highest BCUT2D eigenvalue weighted by atomic mass is 32.1. The van der Waals surface area contributed by atoms with Crippen molar-refractivity contribution in [2.75, 3.05) is 26.2 Å². The predicted octanol–water partition coefficient (Wildman–Crippen LogP) is 0.700. The molecule has 19 heavy (non-hydrogen) atoms. The molecular formula is C12H14N4O2S. The Morgan fingerprint density at radius 3 is 2.58 bits per heavy atom. The van der Waals surface area contributed by atoms with E-state index in [4.69, 9.17) is 0 Å². The fraction of sp³-hybridized carbons (Fsp3) is 0.417. The smallest absolute Gasteiger partial charge is 0.271 e. The topological polar surface area (TPSA) is 57.9 Å². The quantitative estimate of drug-likeness (QED) is 0.771. The first-order chi connectivity index (χ1) is 9.16. The van der Waals surface area contributed by atoms with Gasteiger partial charge in [-0.05, 0) is 0 Å². The number of carbonyl (C=O) groups excluding carboxylic acids is 2. The van der Waals surface area contributed by atoms with Gasteiger partial charge in [0.25, 0.3) is 5.91 Å². The maximum atomic E-state index is 12.4. The summed E-state index contributed by atoms with van der Waals surface area (Å²) < 4.78 is 1.81. The van der Waals surface area contributed by atoms with Gasteiger partial charge in [-0.15, -0.1) is 11.3 Å². The molecule has 7 heteroatoms. The first kappa shape index (κ1) is 12.2. The second-order valence-corrected chi connectivity index (χ2v) is 5.34. The zero-order valence-corrected chi connectivity index (χ0v) is 11.4.